The van der Waals surface area contributed by atoms with Gasteiger partial charge in [0, 0.05) is 5.41 Å². The molecule has 546 valence electrons. The summed E-state index contributed by atoms with van der Waals surface area (Å²) in [6.07, 6.45) is -42.5. The molecule has 95 heavy (non-hydrogen) atoms. The summed E-state index contributed by atoms with van der Waals surface area (Å²) in [7, 11) is 0. The van der Waals surface area contributed by atoms with Crippen molar-refractivity contribution in [1.29, 1.82) is 0 Å². The van der Waals surface area contributed by atoms with E-state index in [2.05, 4.69) is 40.7 Å². The Morgan fingerprint density at radius 2 is 1.04 bits per heavy atom. The van der Waals surface area contributed by atoms with E-state index >= 15 is 4.79 Å². The Labute approximate surface area is 550 Å². The van der Waals surface area contributed by atoms with Crippen LogP contribution in [0.5, 0.6) is 0 Å². The minimum atomic E-state index is -1.98. The van der Waals surface area contributed by atoms with Gasteiger partial charge in [0.15, 0.2) is 37.6 Å². The first kappa shape index (κ1) is 74.2. The first-order valence-electron chi connectivity index (χ1n) is 33.7. The predicted octanol–water partition coefficient (Wildman–Crippen LogP) is -5.11. The van der Waals surface area contributed by atoms with Crippen LogP contribution in [0.3, 0.4) is 0 Å². The van der Waals surface area contributed by atoms with Crippen LogP contribution < -0.4 is 0 Å². The van der Waals surface area contributed by atoms with E-state index in [1.165, 1.54) is 13.8 Å². The van der Waals surface area contributed by atoms with Crippen LogP contribution in [0.1, 0.15) is 113 Å². The predicted molar refractivity (Wildman–Crippen MR) is 316 cm³/mol. The number of aliphatic hydroxyl groups is 18. The van der Waals surface area contributed by atoms with Gasteiger partial charge in [0.2, 0.25) is 6.29 Å². The summed E-state index contributed by atoms with van der Waals surface area (Å²) in [6, 6.07) is 0. The molecular weight excluding hydrogens is 1260 g/mol. The molecule has 11 aliphatic rings. The summed E-state index contributed by atoms with van der Waals surface area (Å²) in [5.41, 5.74) is -3.72. The van der Waals surface area contributed by atoms with Gasteiger partial charge in [0.05, 0.1) is 57.5 Å². The Kier molecular flexibility index (Phi) is 21.6. The van der Waals surface area contributed by atoms with Crippen LogP contribution in [0.4, 0.5) is 0 Å². The van der Waals surface area contributed by atoms with Gasteiger partial charge in [-0.3, -0.25) is 4.79 Å². The van der Waals surface area contributed by atoms with E-state index in [1.807, 2.05) is 6.92 Å². The Morgan fingerprint density at radius 1 is 0.495 bits per heavy atom. The highest BCUT2D eigenvalue weighted by molar-refractivity contribution is 5.80. The molecule has 0 radical (unpaired) electrons. The van der Waals surface area contributed by atoms with E-state index in [-0.39, 0.29) is 36.7 Å². The van der Waals surface area contributed by atoms with Crippen LogP contribution in [0.15, 0.2) is 11.6 Å². The van der Waals surface area contributed by atoms with Gasteiger partial charge < -0.3 is 149 Å². The molecular formula is C64H104O31. The van der Waals surface area contributed by atoms with Crippen molar-refractivity contribution in [3.8, 4) is 0 Å². The second kappa shape index (κ2) is 27.7. The second-order valence-electron chi connectivity index (χ2n) is 30.9. The number of carbonyl (C=O) groups excluding carboxylic acids is 1. The molecule has 5 aliphatic carbocycles. The Balaban J connectivity index is 0.820. The SMILES string of the molecule is C[C@@H]1O[C@@H](O[C@@H]2[C@@H](O)[C@H](O[C@H]3CC[C@@]4(C)[C@@H](CC[C@]5(C)[C@@H]4CC=C4[C@@H]6CC(C)(C)CC[C@]6(C(=O)O[C@@H]6OC[C@@H](O)[C@H](O)[C@H]6O[C@@H]6O[C@@H](C)[C@H](O[C@@H]7O[C@H](CO)[C@@H](O)[C@H](O)[C@H]7O)[C@@H](O)[C@H]6O)[C@H](O)C[C@]45C)[C@@]3(C)CO)O[C@H](CO)[C@H]2O[C@@H]2OC[C@@H](O)[C@H](O)[C@H]2O)[C@H](O)[C@H](O)[C@H]1O. The summed E-state index contributed by atoms with van der Waals surface area (Å²) in [5.74, 6) is -1.75. The maximum atomic E-state index is 15.5. The summed E-state index contributed by atoms with van der Waals surface area (Å²) < 4.78 is 72.2. The van der Waals surface area contributed by atoms with E-state index in [9.17, 15) is 91.9 Å². The third-order valence-electron chi connectivity index (χ3n) is 24.9. The van der Waals surface area contributed by atoms with Crippen molar-refractivity contribution < 1.29 is 154 Å². The number of rotatable bonds is 15. The lowest BCUT2D eigenvalue weighted by Gasteiger charge is -2.72. The molecule has 11 rings (SSSR count). The number of carbonyl (C=O) groups is 1. The maximum Gasteiger partial charge on any atom is 0.317 e. The Morgan fingerprint density at radius 3 is 1.69 bits per heavy atom. The molecule has 31 nitrogen and oxygen atoms in total. The molecule has 18 N–H and O–H groups in total. The molecule has 0 spiro atoms. The van der Waals surface area contributed by atoms with E-state index < -0.39 is 250 Å². The third kappa shape index (κ3) is 12.5. The van der Waals surface area contributed by atoms with Crippen LogP contribution in [0.25, 0.3) is 0 Å². The molecule has 0 bridgehead atoms. The summed E-state index contributed by atoms with van der Waals surface area (Å²) >= 11 is 0. The molecule has 38 atom stereocenters. The van der Waals surface area contributed by atoms with Gasteiger partial charge in [0.25, 0.3) is 0 Å². The zero-order valence-corrected chi connectivity index (χ0v) is 54.9. The molecule has 6 aliphatic heterocycles. The minimum absolute atomic E-state index is 0.0756. The largest absolute Gasteiger partial charge is 0.432 e. The standard InChI is InChI=1S/C64H104O31/c1-24-36(71)40(75)44(79)53(86-24)93-50-47(82)56(89-31(20-66)49(50)92-52-43(78)37(72)28(68)21-84-52)90-35-12-13-60(5)32(61(35,6)23-67)11-14-62(7)33(60)10-9-26-27-17-59(3,4)15-16-64(27,34(70)18-63(26,62)8)58(83)95-57-51(38(73)29(69)22-85-57)94-54-46(81)42(77)48(25(2)87-54)91-55-45(80)41(76)39(74)30(19-65)88-55/h9,24-25,27-57,65-82H,10-23H2,1-8H3/t24-,25-,27-,28+,29+,30+,31+,32+,33+,34+,35-,36-,37-,38-,39+,40+,41-,42-,43+,44+,45+,46+,47+,48-,49+,50+,51+,52-,53-,54-,55-,56-,57-,60-,61+,62+,63+,64+/m0/s1. The smallest absolute Gasteiger partial charge is 0.317 e. The summed E-state index contributed by atoms with van der Waals surface area (Å²) in [4.78, 5) is 15.5. The molecule has 10 fully saturated rings. The van der Waals surface area contributed by atoms with Gasteiger partial charge >= 0.3 is 5.97 Å². The van der Waals surface area contributed by atoms with Crippen LogP contribution >= 0.6 is 0 Å². The van der Waals surface area contributed by atoms with Gasteiger partial charge in [-0.1, -0.05) is 53.2 Å². The quantitative estimate of drug-likeness (QED) is 0.0414. The third-order valence-corrected chi connectivity index (χ3v) is 24.9. The number of aliphatic hydroxyl groups excluding tert-OH is 18. The molecule has 0 aromatic carbocycles. The van der Waals surface area contributed by atoms with Crippen LogP contribution in [0.2, 0.25) is 0 Å². The average molecular weight is 1370 g/mol. The maximum absolute atomic E-state index is 15.5. The fourth-order valence-electron chi connectivity index (χ4n) is 18.9. The van der Waals surface area contributed by atoms with E-state index in [0.717, 1.165) is 5.57 Å². The van der Waals surface area contributed by atoms with Gasteiger partial charge in [-0.05, 0) is 111 Å². The molecule has 6 saturated heterocycles. The molecule has 0 aromatic rings. The van der Waals surface area contributed by atoms with E-state index in [0.29, 0.717) is 44.9 Å². The van der Waals surface area contributed by atoms with Crippen LogP contribution in [0, 0.1) is 50.2 Å². The Hall–Kier alpha value is -1.95. The van der Waals surface area contributed by atoms with Crippen molar-refractivity contribution in [1.82, 2.24) is 0 Å². The first-order chi connectivity index (χ1) is 44.6. The number of allylic oxidation sites excluding steroid dienone is 2. The normalized spacial score (nSPS) is 55.6. The van der Waals surface area contributed by atoms with Crippen molar-refractivity contribution in [3.63, 3.8) is 0 Å². The number of hydrogen-bond acceptors (Lipinski definition) is 31. The fourth-order valence-corrected chi connectivity index (χ4v) is 18.9. The highest BCUT2D eigenvalue weighted by atomic mass is 16.8. The molecule has 0 unspecified atom stereocenters. The van der Waals surface area contributed by atoms with Gasteiger partial charge in [-0.15, -0.1) is 0 Å². The Bertz CT molecular complexity index is 2680. The lowest BCUT2D eigenvalue weighted by Crippen LogP contribution is -2.69. The van der Waals surface area contributed by atoms with Gasteiger partial charge in [-0.25, -0.2) is 0 Å². The highest BCUT2D eigenvalue weighted by Crippen LogP contribution is 2.76. The number of ether oxygens (including phenoxy) is 12. The number of hydrogen-bond donors (Lipinski definition) is 18. The molecule has 31 heteroatoms. The monoisotopic (exact) mass is 1370 g/mol. The summed E-state index contributed by atoms with van der Waals surface area (Å²) in [5, 5.41) is 198. The number of fused-ring (bicyclic) bond motifs is 7. The van der Waals surface area contributed by atoms with E-state index in [1.54, 1.807) is 0 Å². The first-order valence-corrected chi connectivity index (χ1v) is 33.7. The topological polar surface area (TPSA) is 492 Å². The minimum Gasteiger partial charge on any atom is -0.432 e. The molecule has 0 amide bonds. The molecule has 0 aromatic heterocycles. The van der Waals surface area contributed by atoms with Gasteiger partial charge in [0.1, 0.15) is 121 Å². The van der Waals surface area contributed by atoms with Crippen molar-refractivity contribution in [2.24, 2.45) is 50.2 Å². The van der Waals surface area contributed by atoms with E-state index in [4.69, 9.17) is 56.8 Å². The zero-order chi connectivity index (χ0) is 69.3. The lowest BCUT2D eigenvalue weighted by molar-refractivity contribution is -0.389. The fraction of sp³-hybridized carbons (Fsp3) is 0.953. The van der Waals surface area contributed by atoms with Crippen molar-refractivity contribution >= 4 is 5.97 Å². The second-order valence-corrected chi connectivity index (χ2v) is 30.9. The van der Waals surface area contributed by atoms with Crippen LogP contribution in [-0.4, -0.2) is 315 Å². The van der Waals surface area contributed by atoms with Crippen LogP contribution in [-0.2, 0) is 61.6 Å². The average Bonchev–Trinajstić information content (AvgIpc) is 0.671. The highest BCUT2D eigenvalue weighted by Gasteiger charge is 2.73. The lowest BCUT2D eigenvalue weighted by atomic mass is 9.33. The van der Waals surface area contributed by atoms with Gasteiger partial charge in [-0.2, -0.15) is 0 Å². The number of esters is 1. The molecule has 6 heterocycles. The zero-order valence-electron chi connectivity index (χ0n) is 54.9. The summed E-state index contributed by atoms with van der Waals surface area (Å²) in [6.45, 7) is 12.7. The van der Waals surface area contributed by atoms with Crippen molar-refractivity contribution in [2.75, 3.05) is 33.0 Å². The van der Waals surface area contributed by atoms with Crippen molar-refractivity contribution in [3.05, 3.63) is 11.6 Å². The molecule has 4 saturated carbocycles. The van der Waals surface area contributed by atoms with Crippen molar-refractivity contribution in [2.45, 2.75) is 297 Å².